The molecule has 2 aromatic rings. The van der Waals surface area contributed by atoms with Crippen LogP contribution in [0.1, 0.15) is 5.56 Å². The van der Waals surface area contributed by atoms with Crippen molar-refractivity contribution in [3.05, 3.63) is 65.7 Å². The molecule has 1 aliphatic rings. The number of rotatable bonds is 5. The van der Waals surface area contributed by atoms with E-state index in [1.807, 2.05) is 0 Å². The van der Waals surface area contributed by atoms with Crippen LogP contribution in [0.5, 0.6) is 5.75 Å². The van der Waals surface area contributed by atoms with Crippen molar-refractivity contribution in [1.29, 1.82) is 0 Å². The number of hydrazine groups is 1. The number of ether oxygens (including phenoxy) is 1. The summed E-state index contributed by atoms with van der Waals surface area (Å²) in [5, 5.41) is 11.7. The third-order valence-corrected chi connectivity index (χ3v) is 3.47. The lowest BCUT2D eigenvalue weighted by Crippen LogP contribution is -2.35. The fourth-order valence-corrected chi connectivity index (χ4v) is 2.34. The second-order valence-electron chi connectivity index (χ2n) is 5.17. The standard InChI is InChI=1S/C18H14N2O5/c21-16(22)11-25-15-9-5-4-6-12(15)10-14-17(23)19-20(18(14)24)13-7-2-1-3-8-13/h1-10H,11H2,(H,19,23)(H,21,22)/p-1/b14-10-. The van der Waals surface area contributed by atoms with Gasteiger partial charge in [0.05, 0.1) is 11.7 Å². The molecule has 0 aliphatic carbocycles. The summed E-state index contributed by atoms with van der Waals surface area (Å²) in [4.78, 5) is 35.2. The summed E-state index contributed by atoms with van der Waals surface area (Å²) in [6.45, 7) is -0.629. The van der Waals surface area contributed by atoms with Gasteiger partial charge < -0.3 is 14.6 Å². The fraction of sp³-hybridized carbons (Fsp3) is 0.0556. The largest absolute Gasteiger partial charge is 0.546 e. The minimum Gasteiger partial charge on any atom is -0.546 e. The number of anilines is 1. The minimum absolute atomic E-state index is 0.0756. The van der Waals surface area contributed by atoms with E-state index >= 15 is 0 Å². The first-order valence-electron chi connectivity index (χ1n) is 7.40. The van der Waals surface area contributed by atoms with Gasteiger partial charge in [0.2, 0.25) is 0 Å². The van der Waals surface area contributed by atoms with Crippen LogP contribution in [0.4, 0.5) is 5.69 Å². The number of nitrogens with zero attached hydrogens (tertiary/aromatic N) is 1. The second-order valence-corrected chi connectivity index (χ2v) is 5.17. The summed E-state index contributed by atoms with van der Waals surface area (Å²) in [6.07, 6.45) is 1.37. The quantitative estimate of drug-likeness (QED) is 0.624. The predicted octanol–water partition coefficient (Wildman–Crippen LogP) is 0.277. The molecule has 0 aromatic heterocycles. The Morgan fingerprint density at radius 2 is 1.76 bits per heavy atom. The number of amides is 2. The van der Waals surface area contributed by atoms with E-state index < -0.39 is 24.4 Å². The molecule has 0 saturated carbocycles. The van der Waals surface area contributed by atoms with Crippen LogP contribution in [0, 0.1) is 0 Å². The zero-order valence-electron chi connectivity index (χ0n) is 13.0. The maximum atomic E-state index is 12.5. The lowest BCUT2D eigenvalue weighted by atomic mass is 10.1. The molecule has 126 valence electrons. The molecule has 7 nitrogen and oxygen atoms in total. The number of hydrogen-bond donors (Lipinski definition) is 1. The van der Waals surface area contributed by atoms with Crippen LogP contribution in [-0.4, -0.2) is 24.4 Å². The average molecular weight is 337 g/mol. The van der Waals surface area contributed by atoms with Gasteiger partial charge in [-0.25, -0.2) is 5.01 Å². The van der Waals surface area contributed by atoms with Gasteiger partial charge in [-0.2, -0.15) is 0 Å². The van der Waals surface area contributed by atoms with E-state index in [0.29, 0.717) is 11.3 Å². The number of carboxylic acids is 1. The van der Waals surface area contributed by atoms with Crippen LogP contribution in [0.25, 0.3) is 6.08 Å². The Balaban J connectivity index is 1.90. The molecule has 1 N–H and O–H groups in total. The normalized spacial score (nSPS) is 15.4. The molecule has 0 atom stereocenters. The maximum Gasteiger partial charge on any atom is 0.282 e. The van der Waals surface area contributed by atoms with Gasteiger partial charge in [-0.3, -0.25) is 15.0 Å². The van der Waals surface area contributed by atoms with Gasteiger partial charge in [0.1, 0.15) is 17.9 Å². The van der Waals surface area contributed by atoms with E-state index in [4.69, 9.17) is 4.74 Å². The van der Waals surface area contributed by atoms with Crippen molar-refractivity contribution in [2.75, 3.05) is 11.6 Å². The van der Waals surface area contributed by atoms with Gasteiger partial charge in [0, 0.05) is 5.56 Å². The molecular formula is C18H13N2O5-. The molecule has 25 heavy (non-hydrogen) atoms. The number of carbonyl (C=O) groups is 3. The molecule has 1 fully saturated rings. The van der Waals surface area contributed by atoms with Crippen molar-refractivity contribution in [3.63, 3.8) is 0 Å². The van der Waals surface area contributed by atoms with Gasteiger partial charge in [-0.05, 0) is 24.3 Å². The molecule has 2 amide bonds. The lowest BCUT2D eigenvalue weighted by molar-refractivity contribution is -0.307. The topological polar surface area (TPSA) is 98.8 Å². The van der Waals surface area contributed by atoms with Gasteiger partial charge in [0.25, 0.3) is 11.8 Å². The first-order valence-corrected chi connectivity index (χ1v) is 7.40. The number of benzene rings is 2. The monoisotopic (exact) mass is 337 g/mol. The molecule has 7 heteroatoms. The van der Waals surface area contributed by atoms with Crippen molar-refractivity contribution < 1.29 is 24.2 Å². The predicted molar refractivity (Wildman–Crippen MR) is 87.0 cm³/mol. The van der Waals surface area contributed by atoms with Crippen molar-refractivity contribution in [3.8, 4) is 5.75 Å². The SMILES string of the molecule is O=C([O-])COc1ccccc1/C=C1/C(=O)NN(c2ccccc2)C1=O. The number of hydrogen-bond acceptors (Lipinski definition) is 5. The Morgan fingerprint density at radius 1 is 1.08 bits per heavy atom. The first-order chi connectivity index (χ1) is 12.1. The summed E-state index contributed by atoms with van der Waals surface area (Å²) < 4.78 is 5.13. The highest BCUT2D eigenvalue weighted by Crippen LogP contribution is 2.25. The average Bonchev–Trinajstić information content (AvgIpc) is 2.90. The molecule has 0 unspecified atom stereocenters. The lowest BCUT2D eigenvalue weighted by Gasteiger charge is -2.14. The zero-order chi connectivity index (χ0) is 17.8. The van der Waals surface area contributed by atoms with Crippen LogP contribution in [0.3, 0.4) is 0 Å². The Morgan fingerprint density at radius 3 is 2.48 bits per heavy atom. The van der Waals surface area contributed by atoms with E-state index in [1.54, 1.807) is 54.6 Å². The third kappa shape index (κ3) is 3.50. The van der Waals surface area contributed by atoms with Crippen LogP contribution in [0.15, 0.2) is 60.2 Å². The molecule has 1 heterocycles. The van der Waals surface area contributed by atoms with Crippen LogP contribution < -0.4 is 20.3 Å². The molecule has 0 bridgehead atoms. The van der Waals surface area contributed by atoms with Gasteiger partial charge in [-0.15, -0.1) is 0 Å². The zero-order valence-corrected chi connectivity index (χ0v) is 13.0. The third-order valence-electron chi connectivity index (χ3n) is 3.47. The molecular weight excluding hydrogens is 324 g/mol. The maximum absolute atomic E-state index is 12.5. The second kappa shape index (κ2) is 6.88. The van der Waals surface area contributed by atoms with Crippen LogP contribution in [0.2, 0.25) is 0 Å². The first kappa shape index (κ1) is 16.3. The van der Waals surface area contributed by atoms with E-state index in [9.17, 15) is 19.5 Å². The Hall–Kier alpha value is -3.61. The number of para-hydroxylation sites is 2. The smallest absolute Gasteiger partial charge is 0.282 e. The molecule has 0 spiro atoms. The summed E-state index contributed by atoms with van der Waals surface area (Å²) in [5.74, 6) is -2.19. The molecule has 2 aromatic carbocycles. The number of carbonyl (C=O) groups excluding carboxylic acids is 3. The summed E-state index contributed by atoms with van der Waals surface area (Å²) in [7, 11) is 0. The van der Waals surface area contributed by atoms with Crippen molar-refractivity contribution in [2.24, 2.45) is 0 Å². The molecule has 0 radical (unpaired) electrons. The Bertz CT molecular complexity index is 861. The highest BCUT2D eigenvalue weighted by Gasteiger charge is 2.34. The van der Waals surface area contributed by atoms with E-state index in [1.165, 1.54) is 6.08 Å². The molecule has 3 rings (SSSR count). The summed E-state index contributed by atoms with van der Waals surface area (Å²) >= 11 is 0. The molecule has 1 saturated heterocycles. The Kier molecular flexibility index (Phi) is 4.47. The Labute approximate surface area is 143 Å². The van der Waals surface area contributed by atoms with Crippen molar-refractivity contribution in [2.45, 2.75) is 0 Å². The van der Waals surface area contributed by atoms with Crippen molar-refractivity contribution in [1.82, 2.24) is 5.43 Å². The van der Waals surface area contributed by atoms with Gasteiger partial charge >= 0.3 is 0 Å². The van der Waals surface area contributed by atoms with Crippen LogP contribution >= 0.6 is 0 Å². The van der Waals surface area contributed by atoms with Gasteiger partial charge in [-0.1, -0.05) is 36.4 Å². The number of carboxylic acid groups (broad SMARTS) is 1. The highest BCUT2D eigenvalue weighted by atomic mass is 16.5. The molecule has 1 aliphatic heterocycles. The van der Waals surface area contributed by atoms with Gasteiger partial charge in [0.15, 0.2) is 0 Å². The van der Waals surface area contributed by atoms with E-state index in [-0.39, 0.29) is 11.3 Å². The summed E-state index contributed by atoms with van der Waals surface area (Å²) in [6, 6.07) is 15.2. The summed E-state index contributed by atoms with van der Waals surface area (Å²) in [5.41, 5.74) is 3.36. The van der Waals surface area contributed by atoms with Crippen LogP contribution in [-0.2, 0) is 14.4 Å². The number of nitrogens with one attached hydrogen (secondary N) is 1. The number of aliphatic carboxylic acids is 1. The van der Waals surface area contributed by atoms with E-state index in [0.717, 1.165) is 5.01 Å². The fourth-order valence-electron chi connectivity index (χ4n) is 2.34. The van der Waals surface area contributed by atoms with E-state index in [2.05, 4.69) is 5.43 Å². The highest BCUT2D eigenvalue weighted by molar-refractivity contribution is 6.31. The minimum atomic E-state index is -1.37. The van der Waals surface area contributed by atoms with Crippen molar-refractivity contribution >= 4 is 29.5 Å².